The van der Waals surface area contributed by atoms with Crippen molar-refractivity contribution in [3.05, 3.63) is 24.1 Å². The summed E-state index contributed by atoms with van der Waals surface area (Å²) in [5.41, 5.74) is 0. The van der Waals surface area contributed by atoms with Crippen molar-refractivity contribution in [3.63, 3.8) is 0 Å². The van der Waals surface area contributed by atoms with Crippen LogP contribution in [0, 0.1) is 5.82 Å². The minimum atomic E-state index is -2.21. The van der Waals surface area contributed by atoms with Gasteiger partial charge in [-0.25, -0.2) is 13.6 Å². The lowest BCUT2D eigenvalue weighted by atomic mass is 10.4. The fraction of sp³-hybridized carbons (Fsp3) is 0.444. The molecule has 5 heteroatoms. The maximum Gasteiger partial charge on any atom is 0.197 e. The number of aromatic nitrogens is 1. The van der Waals surface area contributed by atoms with Crippen LogP contribution < -0.4 is 0 Å². The smallest absolute Gasteiger partial charge is 0.197 e. The molecule has 0 aromatic carbocycles. The van der Waals surface area contributed by atoms with Gasteiger partial charge in [-0.15, -0.1) is 0 Å². The molecule has 76 valence electrons. The summed E-state index contributed by atoms with van der Waals surface area (Å²) in [4.78, 5) is 3.77. The largest absolute Gasteiger partial charge is 0.249 e. The summed E-state index contributed by atoms with van der Waals surface area (Å²) in [5.74, 6) is 0.632. The summed E-state index contributed by atoms with van der Waals surface area (Å²) in [6.07, 6.45) is 3.28. The minimum Gasteiger partial charge on any atom is -0.249 e. The Morgan fingerprint density at radius 1 is 1.43 bits per heavy atom. The van der Waals surface area contributed by atoms with Crippen molar-refractivity contribution in [2.24, 2.45) is 4.36 Å². The Morgan fingerprint density at radius 2 is 2.14 bits per heavy atom. The maximum absolute atomic E-state index is 13.1. The molecule has 0 unspecified atom stereocenters. The SMILES string of the molecule is O=S1(=Nc2ncccc2F)CCCC1. The lowest BCUT2D eigenvalue weighted by Crippen LogP contribution is -2.00. The number of pyridine rings is 1. The van der Waals surface area contributed by atoms with Crippen LogP contribution in [0.2, 0.25) is 0 Å². The second kappa shape index (κ2) is 3.65. The van der Waals surface area contributed by atoms with E-state index in [4.69, 9.17) is 0 Å². The molecule has 3 nitrogen and oxygen atoms in total. The zero-order chi connectivity index (χ0) is 10.0. The molecule has 1 aliphatic rings. The van der Waals surface area contributed by atoms with Crippen LogP contribution in [0.3, 0.4) is 0 Å². The topological polar surface area (TPSA) is 42.3 Å². The van der Waals surface area contributed by atoms with E-state index in [-0.39, 0.29) is 5.82 Å². The number of nitrogens with zero attached hydrogens (tertiary/aromatic N) is 2. The Morgan fingerprint density at radius 3 is 2.79 bits per heavy atom. The van der Waals surface area contributed by atoms with Crippen LogP contribution in [0.4, 0.5) is 10.2 Å². The second-order valence-corrected chi connectivity index (χ2v) is 5.83. The highest BCUT2D eigenvalue weighted by atomic mass is 32.2. The van der Waals surface area contributed by atoms with E-state index in [1.807, 2.05) is 0 Å². The molecule has 0 aliphatic carbocycles. The van der Waals surface area contributed by atoms with Gasteiger partial charge in [0.25, 0.3) is 0 Å². The molecule has 0 spiro atoms. The highest BCUT2D eigenvalue weighted by Crippen LogP contribution is 2.20. The van der Waals surface area contributed by atoms with Crippen LogP contribution in [-0.4, -0.2) is 20.7 Å². The van der Waals surface area contributed by atoms with Crippen molar-refractivity contribution in [2.75, 3.05) is 11.5 Å². The molecule has 14 heavy (non-hydrogen) atoms. The molecule has 0 amide bonds. The molecule has 0 bridgehead atoms. The third kappa shape index (κ3) is 1.92. The molecule has 1 aromatic rings. The van der Waals surface area contributed by atoms with E-state index in [9.17, 15) is 8.60 Å². The van der Waals surface area contributed by atoms with Gasteiger partial charge in [0.05, 0.1) is 9.73 Å². The molecule has 1 aromatic heterocycles. The van der Waals surface area contributed by atoms with Gasteiger partial charge in [0.2, 0.25) is 0 Å². The maximum atomic E-state index is 13.1. The Labute approximate surface area is 82.5 Å². The number of halogens is 1. The van der Waals surface area contributed by atoms with Crippen molar-refractivity contribution in [3.8, 4) is 0 Å². The standard InChI is InChI=1S/C9H11FN2OS/c10-8-4-3-5-11-9(8)12-14(13)6-1-2-7-14/h3-5H,1-2,6-7H2. The number of hydrogen-bond donors (Lipinski definition) is 0. The normalized spacial score (nSPS) is 19.5. The highest BCUT2D eigenvalue weighted by Gasteiger charge is 2.17. The third-order valence-electron chi connectivity index (χ3n) is 2.17. The summed E-state index contributed by atoms with van der Waals surface area (Å²) in [6.45, 7) is 0. The predicted molar refractivity (Wildman–Crippen MR) is 53.4 cm³/mol. The molecule has 1 saturated heterocycles. The van der Waals surface area contributed by atoms with Crippen LogP contribution in [0.25, 0.3) is 0 Å². The Kier molecular flexibility index (Phi) is 2.50. The first-order valence-corrected chi connectivity index (χ1v) is 6.38. The molecule has 0 saturated carbocycles. The molecule has 1 aliphatic heterocycles. The first kappa shape index (κ1) is 9.58. The van der Waals surface area contributed by atoms with Gasteiger partial charge in [0, 0.05) is 17.7 Å². The molecule has 2 heterocycles. The zero-order valence-electron chi connectivity index (χ0n) is 7.65. The summed E-state index contributed by atoms with van der Waals surface area (Å²) in [7, 11) is -2.21. The van der Waals surface area contributed by atoms with E-state index < -0.39 is 15.5 Å². The van der Waals surface area contributed by atoms with Crippen molar-refractivity contribution < 1.29 is 8.60 Å². The minimum absolute atomic E-state index is 0.0144. The average Bonchev–Trinajstić information content (AvgIpc) is 2.57. The lowest BCUT2D eigenvalue weighted by molar-refractivity contribution is 0.623. The summed E-state index contributed by atoms with van der Waals surface area (Å²) in [6, 6.07) is 2.78. The van der Waals surface area contributed by atoms with E-state index in [1.165, 1.54) is 18.3 Å². The number of rotatable bonds is 1. The lowest BCUT2D eigenvalue weighted by Gasteiger charge is -1.99. The Bertz CT molecular complexity index is 440. The molecule has 0 N–H and O–H groups in total. The fourth-order valence-corrected chi connectivity index (χ4v) is 3.60. The molecular weight excluding hydrogens is 203 g/mol. The van der Waals surface area contributed by atoms with Crippen molar-refractivity contribution in [1.29, 1.82) is 0 Å². The van der Waals surface area contributed by atoms with E-state index in [0.29, 0.717) is 11.5 Å². The monoisotopic (exact) mass is 214 g/mol. The van der Waals surface area contributed by atoms with Crippen molar-refractivity contribution in [2.45, 2.75) is 12.8 Å². The average molecular weight is 214 g/mol. The molecule has 0 atom stereocenters. The van der Waals surface area contributed by atoms with E-state index in [2.05, 4.69) is 9.35 Å². The summed E-state index contributed by atoms with van der Waals surface area (Å²) < 4.78 is 29.0. The fourth-order valence-electron chi connectivity index (χ4n) is 1.45. The third-order valence-corrected chi connectivity index (χ3v) is 4.53. The van der Waals surface area contributed by atoms with Gasteiger partial charge in [-0.05, 0) is 25.0 Å². The first-order chi connectivity index (χ1) is 6.70. The van der Waals surface area contributed by atoms with Crippen molar-refractivity contribution >= 4 is 15.5 Å². The van der Waals surface area contributed by atoms with Crippen LogP contribution >= 0.6 is 0 Å². The summed E-state index contributed by atoms with van der Waals surface area (Å²) >= 11 is 0. The van der Waals surface area contributed by atoms with Gasteiger partial charge >= 0.3 is 0 Å². The van der Waals surface area contributed by atoms with Crippen LogP contribution in [0.1, 0.15) is 12.8 Å². The zero-order valence-corrected chi connectivity index (χ0v) is 8.47. The summed E-state index contributed by atoms with van der Waals surface area (Å²) in [5, 5.41) is 0. The van der Waals surface area contributed by atoms with Gasteiger partial charge < -0.3 is 0 Å². The van der Waals surface area contributed by atoms with Crippen LogP contribution in [0.15, 0.2) is 22.7 Å². The predicted octanol–water partition coefficient (Wildman–Crippen LogP) is 2.11. The van der Waals surface area contributed by atoms with E-state index >= 15 is 0 Å². The Hall–Kier alpha value is -0.970. The van der Waals surface area contributed by atoms with Gasteiger partial charge in [-0.3, -0.25) is 0 Å². The molecule has 2 rings (SSSR count). The van der Waals surface area contributed by atoms with Gasteiger partial charge in [-0.2, -0.15) is 4.36 Å². The van der Waals surface area contributed by atoms with Gasteiger partial charge in [-0.1, -0.05) is 0 Å². The molecule has 0 radical (unpaired) electrons. The van der Waals surface area contributed by atoms with Crippen LogP contribution in [-0.2, 0) is 9.73 Å². The highest BCUT2D eigenvalue weighted by molar-refractivity contribution is 7.93. The van der Waals surface area contributed by atoms with Gasteiger partial charge in [0.15, 0.2) is 11.6 Å². The van der Waals surface area contributed by atoms with Gasteiger partial charge in [0.1, 0.15) is 0 Å². The van der Waals surface area contributed by atoms with E-state index in [1.54, 1.807) is 0 Å². The second-order valence-electron chi connectivity index (χ2n) is 3.29. The van der Waals surface area contributed by atoms with E-state index in [0.717, 1.165) is 12.8 Å². The molecule has 1 fully saturated rings. The number of hydrogen-bond acceptors (Lipinski definition) is 3. The molecular formula is C9H11FN2OS. The van der Waals surface area contributed by atoms with Crippen molar-refractivity contribution in [1.82, 2.24) is 4.98 Å². The quantitative estimate of drug-likeness (QED) is 0.718. The first-order valence-electron chi connectivity index (χ1n) is 4.53. The Balaban J connectivity index is 2.43. The van der Waals surface area contributed by atoms with Crippen LogP contribution in [0.5, 0.6) is 0 Å².